The van der Waals surface area contributed by atoms with Gasteiger partial charge >= 0.3 is 0 Å². The Labute approximate surface area is 46.6 Å². The van der Waals surface area contributed by atoms with E-state index in [1.165, 1.54) is 12.1 Å². The molecule has 0 saturated heterocycles. The van der Waals surface area contributed by atoms with E-state index in [4.69, 9.17) is 22.0 Å². The van der Waals surface area contributed by atoms with Crippen LogP contribution in [-0.2, 0) is 0 Å². The number of rotatable bonds is 0. The van der Waals surface area contributed by atoms with Crippen molar-refractivity contribution < 1.29 is 0 Å². The van der Waals surface area contributed by atoms with Gasteiger partial charge in [0.15, 0.2) is 0 Å². The maximum atomic E-state index is 7.97. The quantitative estimate of drug-likeness (QED) is 0.395. The molecule has 0 aliphatic carbocycles. The van der Waals surface area contributed by atoms with Gasteiger partial charge in [-0.1, -0.05) is 0 Å². The van der Waals surface area contributed by atoms with Crippen molar-refractivity contribution in [2.75, 3.05) is 0 Å². The summed E-state index contributed by atoms with van der Waals surface area (Å²) in [6, 6.07) is 3.05. The number of hydrogen-bond acceptors (Lipinski definition) is 4. The average molecular weight is 108 g/mol. The van der Waals surface area contributed by atoms with E-state index in [2.05, 4.69) is 0 Å². The van der Waals surface area contributed by atoms with Gasteiger partial charge in [0, 0.05) is 0 Å². The highest BCUT2D eigenvalue weighted by atomic mass is 14.7. The molecule has 0 radical (unpaired) electrons. The molecule has 0 atom stereocenters. The molecule has 0 unspecified atom stereocenters. The molecule has 40 valence electrons. The molecule has 0 spiro atoms. The summed E-state index contributed by atoms with van der Waals surface area (Å²) in [5.41, 5.74) is 9.34. The van der Waals surface area contributed by atoms with Crippen LogP contribution in [0.25, 0.3) is 0 Å². The van der Waals surface area contributed by atoms with Gasteiger partial charge in [-0.3, -0.25) is 0 Å². The van der Waals surface area contributed by atoms with Crippen LogP contribution in [-0.4, -0.2) is 0 Å². The lowest BCUT2D eigenvalue weighted by atomic mass is 10.4. The molecule has 4 heteroatoms. The zero-order valence-electron chi connectivity index (χ0n) is 4.05. The van der Waals surface area contributed by atoms with Crippen LogP contribution in [0.1, 0.15) is 0 Å². The Morgan fingerprint density at radius 1 is 1.00 bits per heavy atom. The Morgan fingerprint density at radius 3 is 1.38 bits per heavy atom. The fourth-order valence-corrected chi connectivity index (χ4v) is 0.120. The van der Waals surface area contributed by atoms with Crippen molar-refractivity contribution in [3.63, 3.8) is 0 Å². The van der Waals surface area contributed by atoms with E-state index in [9.17, 15) is 0 Å². The lowest BCUT2D eigenvalue weighted by Crippen LogP contribution is -2.05. The van der Waals surface area contributed by atoms with E-state index < -0.39 is 0 Å². The summed E-state index contributed by atoms with van der Waals surface area (Å²) < 4.78 is 0. The zero-order chi connectivity index (χ0) is 6.57. The van der Waals surface area contributed by atoms with Gasteiger partial charge in [-0.15, -0.1) is 0 Å². The predicted octanol–water partition coefficient (Wildman–Crippen LogP) is -0.837. The molecule has 0 heterocycles. The summed E-state index contributed by atoms with van der Waals surface area (Å²) in [6.45, 7) is 0. The Kier molecular flexibility index (Phi) is 1.96. The van der Waals surface area contributed by atoms with Gasteiger partial charge in [-0.25, -0.2) is 0 Å². The fourth-order valence-electron chi connectivity index (χ4n) is 0.120. The average Bonchev–Trinajstić information content (AvgIpc) is 1.84. The highest BCUT2D eigenvalue weighted by Crippen LogP contribution is 1.83. The molecule has 0 rings (SSSR count). The number of nitrogens with two attached hydrogens (primary N) is 2. The van der Waals surface area contributed by atoms with Gasteiger partial charge in [0.2, 0.25) is 0 Å². The van der Waals surface area contributed by atoms with Gasteiger partial charge in [-0.2, -0.15) is 10.5 Å². The Bertz CT molecular complexity index is 167. The van der Waals surface area contributed by atoms with Gasteiger partial charge in [0.05, 0.1) is 0 Å². The van der Waals surface area contributed by atoms with Crippen LogP contribution >= 0.6 is 0 Å². The first-order valence-corrected chi connectivity index (χ1v) is 1.77. The summed E-state index contributed by atoms with van der Waals surface area (Å²) in [7, 11) is 0. The first-order chi connectivity index (χ1) is 3.72. The molecule has 0 aromatic rings. The molecule has 0 fully saturated rings. The monoisotopic (exact) mass is 108 g/mol. The van der Waals surface area contributed by atoms with Crippen LogP contribution in [0.3, 0.4) is 0 Å². The molecule has 0 aromatic heterocycles. The molecule has 0 aromatic carbocycles. The molecule has 8 heavy (non-hydrogen) atoms. The van der Waals surface area contributed by atoms with Crippen molar-refractivity contribution in [2.45, 2.75) is 0 Å². The Morgan fingerprint density at radius 2 is 1.25 bits per heavy atom. The van der Waals surface area contributed by atoms with E-state index in [1.807, 2.05) is 0 Å². The zero-order valence-corrected chi connectivity index (χ0v) is 4.05. The third kappa shape index (κ3) is 1.19. The maximum absolute atomic E-state index is 7.97. The van der Waals surface area contributed by atoms with Crippen LogP contribution in [0.5, 0.6) is 0 Å². The summed E-state index contributed by atoms with van der Waals surface area (Å²) in [5.74, 6) is 0. The smallest absolute Gasteiger partial charge is 0.145 e. The number of nitriles is 2. The van der Waals surface area contributed by atoms with Crippen LogP contribution in [0, 0.1) is 22.7 Å². The van der Waals surface area contributed by atoms with Gasteiger partial charge in [0.25, 0.3) is 0 Å². The minimum absolute atomic E-state index is 0.229. The van der Waals surface area contributed by atoms with Gasteiger partial charge < -0.3 is 11.5 Å². The topological polar surface area (TPSA) is 99.6 Å². The standard InChI is InChI=1S/C4H4N4/c5-1-3(7)4(8)2-6/h7-8H2/b4-3+. The molecule has 0 amide bonds. The lowest BCUT2D eigenvalue weighted by Gasteiger charge is -1.83. The van der Waals surface area contributed by atoms with Crippen LogP contribution < -0.4 is 11.5 Å². The van der Waals surface area contributed by atoms with Crippen molar-refractivity contribution in [1.29, 1.82) is 10.5 Å². The van der Waals surface area contributed by atoms with E-state index in [-0.39, 0.29) is 11.4 Å². The molecule has 4 N–H and O–H groups in total. The molecule has 0 aliphatic rings. The predicted molar refractivity (Wildman–Crippen MR) is 26.6 cm³/mol. The lowest BCUT2D eigenvalue weighted by molar-refractivity contribution is 1.27. The van der Waals surface area contributed by atoms with Crippen molar-refractivity contribution in [3.8, 4) is 12.1 Å². The molecule has 0 saturated carbocycles. The minimum atomic E-state index is -0.229. The van der Waals surface area contributed by atoms with E-state index in [0.717, 1.165) is 0 Å². The van der Waals surface area contributed by atoms with Gasteiger partial charge in [-0.05, 0) is 0 Å². The second-order valence-corrected chi connectivity index (χ2v) is 1.05. The minimum Gasteiger partial charge on any atom is -0.388 e. The summed E-state index contributed by atoms with van der Waals surface area (Å²) in [6.07, 6.45) is 0. The summed E-state index contributed by atoms with van der Waals surface area (Å²) in [5, 5.41) is 15.9. The molecule has 4 nitrogen and oxygen atoms in total. The van der Waals surface area contributed by atoms with Crippen molar-refractivity contribution in [3.05, 3.63) is 11.4 Å². The normalized spacial score (nSPS) is 10.8. The highest BCUT2D eigenvalue weighted by Gasteiger charge is 1.91. The van der Waals surface area contributed by atoms with E-state index in [0.29, 0.717) is 0 Å². The SMILES string of the molecule is N#C/C(N)=C(\N)C#N. The molecular weight excluding hydrogens is 104 g/mol. The van der Waals surface area contributed by atoms with Crippen LogP contribution in [0.15, 0.2) is 11.4 Å². The molecule has 0 aliphatic heterocycles. The summed E-state index contributed by atoms with van der Waals surface area (Å²) >= 11 is 0. The molecular formula is C4H4N4. The van der Waals surface area contributed by atoms with E-state index in [1.54, 1.807) is 0 Å². The highest BCUT2D eigenvalue weighted by molar-refractivity contribution is 5.31. The third-order valence-corrected chi connectivity index (χ3v) is 0.531. The van der Waals surface area contributed by atoms with Crippen LogP contribution in [0.2, 0.25) is 0 Å². The number of allylic oxidation sites excluding steroid dienone is 2. The third-order valence-electron chi connectivity index (χ3n) is 0.531. The van der Waals surface area contributed by atoms with E-state index >= 15 is 0 Å². The van der Waals surface area contributed by atoms with Gasteiger partial charge in [0.1, 0.15) is 23.5 Å². The second kappa shape index (κ2) is 2.49. The maximum Gasteiger partial charge on any atom is 0.145 e. The largest absolute Gasteiger partial charge is 0.388 e. The van der Waals surface area contributed by atoms with Crippen LogP contribution in [0.4, 0.5) is 0 Å². The number of hydrogen-bond donors (Lipinski definition) is 2. The second-order valence-electron chi connectivity index (χ2n) is 1.05. The first kappa shape index (κ1) is 6.32. The fraction of sp³-hybridized carbons (Fsp3) is 0. The van der Waals surface area contributed by atoms with Crippen molar-refractivity contribution in [2.24, 2.45) is 11.5 Å². The first-order valence-electron chi connectivity index (χ1n) is 1.77. The van der Waals surface area contributed by atoms with Crippen molar-refractivity contribution >= 4 is 0 Å². The summed E-state index contributed by atoms with van der Waals surface area (Å²) in [4.78, 5) is 0. The Hall–Kier alpha value is -1.68. The number of nitrogens with zero attached hydrogens (tertiary/aromatic N) is 2. The Balaban J connectivity index is 4.41. The molecule has 0 bridgehead atoms. The van der Waals surface area contributed by atoms with Crippen molar-refractivity contribution in [1.82, 2.24) is 0 Å².